The summed E-state index contributed by atoms with van der Waals surface area (Å²) in [5.41, 5.74) is 6.55. The molecular weight excluding hydrogens is 210 g/mol. The van der Waals surface area contributed by atoms with Crippen LogP contribution in [0.25, 0.3) is 0 Å². The van der Waals surface area contributed by atoms with Crippen LogP contribution >= 0.6 is 11.8 Å². The van der Waals surface area contributed by atoms with Crippen molar-refractivity contribution in [3.63, 3.8) is 0 Å². The topological polar surface area (TPSA) is 63.3 Å². The highest BCUT2D eigenvalue weighted by Gasteiger charge is 2.10. The smallest absolute Gasteiger partial charge is 0.320 e. The number of thioether (sulfide) groups is 1. The van der Waals surface area contributed by atoms with Gasteiger partial charge in [0.05, 0.1) is 0 Å². The van der Waals surface area contributed by atoms with Crippen LogP contribution in [0.5, 0.6) is 0 Å². The highest BCUT2D eigenvalue weighted by molar-refractivity contribution is 7.98. The van der Waals surface area contributed by atoms with Crippen LogP contribution in [0, 0.1) is 0 Å². The molecule has 0 aliphatic carbocycles. The summed E-state index contributed by atoms with van der Waals surface area (Å²) in [5, 5.41) is 8.61. The first-order valence-electron chi connectivity index (χ1n) is 4.75. The first-order chi connectivity index (χ1) is 7.13. The minimum absolute atomic E-state index is 0.480. The molecule has 0 unspecified atom stereocenters. The lowest BCUT2D eigenvalue weighted by Gasteiger charge is -2.06. The van der Waals surface area contributed by atoms with Crippen molar-refractivity contribution in [2.45, 2.75) is 23.8 Å². The van der Waals surface area contributed by atoms with Crippen LogP contribution in [0.3, 0.4) is 0 Å². The average molecular weight is 225 g/mol. The zero-order valence-corrected chi connectivity index (χ0v) is 9.46. The van der Waals surface area contributed by atoms with Gasteiger partial charge in [-0.25, -0.2) is 0 Å². The second-order valence-electron chi connectivity index (χ2n) is 3.33. The second-order valence-corrected chi connectivity index (χ2v) is 4.21. The maximum absolute atomic E-state index is 10.5. The Hall–Kier alpha value is -1.00. The molecule has 0 saturated heterocycles. The quantitative estimate of drug-likeness (QED) is 0.749. The molecule has 0 spiro atoms. The number of hydrogen-bond donors (Lipinski definition) is 2. The molecule has 0 bridgehead atoms. The van der Waals surface area contributed by atoms with E-state index >= 15 is 0 Å². The lowest BCUT2D eigenvalue weighted by atomic mass is 10.1. The van der Waals surface area contributed by atoms with Crippen molar-refractivity contribution in [1.29, 1.82) is 0 Å². The van der Waals surface area contributed by atoms with E-state index in [0.717, 1.165) is 5.56 Å². The van der Waals surface area contributed by atoms with Gasteiger partial charge in [-0.1, -0.05) is 12.1 Å². The van der Waals surface area contributed by atoms with Crippen LogP contribution in [0.2, 0.25) is 0 Å². The van der Waals surface area contributed by atoms with Gasteiger partial charge in [-0.3, -0.25) is 4.79 Å². The maximum atomic E-state index is 10.5. The summed E-state index contributed by atoms with van der Waals surface area (Å²) in [6.45, 7) is 0. The Morgan fingerprint density at radius 3 is 2.53 bits per heavy atom. The monoisotopic (exact) mass is 225 g/mol. The van der Waals surface area contributed by atoms with Crippen molar-refractivity contribution in [2.24, 2.45) is 5.73 Å². The predicted octanol–water partition coefficient (Wildman–Crippen LogP) is 1.75. The van der Waals surface area contributed by atoms with Crippen molar-refractivity contribution < 1.29 is 9.90 Å². The summed E-state index contributed by atoms with van der Waals surface area (Å²) < 4.78 is 0. The molecule has 3 N–H and O–H groups in total. The van der Waals surface area contributed by atoms with Gasteiger partial charge in [-0.15, -0.1) is 11.8 Å². The molecule has 15 heavy (non-hydrogen) atoms. The Morgan fingerprint density at radius 1 is 1.47 bits per heavy atom. The van der Waals surface area contributed by atoms with E-state index in [2.05, 4.69) is 0 Å². The zero-order valence-electron chi connectivity index (χ0n) is 8.64. The highest BCUT2D eigenvalue weighted by Crippen LogP contribution is 2.15. The van der Waals surface area contributed by atoms with E-state index in [1.54, 1.807) is 11.8 Å². The number of nitrogens with two attached hydrogens (primary N) is 1. The fraction of sp³-hybridized carbons (Fsp3) is 0.364. The Balaban J connectivity index is 2.47. The fourth-order valence-corrected chi connectivity index (χ4v) is 1.65. The van der Waals surface area contributed by atoms with Crippen LogP contribution < -0.4 is 5.73 Å². The van der Waals surface area contributed by atoms with Gasteiger partial charge in [0.1, 0.15) is 6.04 Å². The van der Waals surface area contributed by atoms with E-state index in [0.29, 0.717) is 12.8 Å². The molecule has 0 aromatic heterocycles. The van der Waals surface area contributed by atoms with Gasteiger partial charge in [0.15, 0.2) is 0 Å². The van der Waals surface area contributed by atoms with Gasteiger partial charge < -0.3 is 10.8 Å². The van der Waals surface area contributed by atoms with Crippen molar-refractivity contribution in [3.05, 3.63) is 29.8 Å². The Morgan fingerprint density at radius 2 is 2.07 bits per heavy atom. The van der Waals surface area contributed by atoms with E-state index in [-0.39, 0.29) is 0 Å². The molecule has 0 heterocycles. The van der Waals surface area contributed by atoms with Crippen LogP contribution in [0.1, 0.15) is 12.0 Å². The predicted molar refractivity (Wildman–Crippen MR) is 62.2 cm³/mol. The van der Waals surface area contributed by atoms with Crippen LogP contribution in [-0.4, -0.2) is 23.4 Å². The van der Waals surface area contributed by atoms with Gasteiger partial charge in [0.25, 0.3) is 0 Å². The number of carboxylic acid groups (broad SMARTS) is 1. The summed E-state index contributed by atoms with van der Waals surface area (Å²) in [4.78, 5) is 11.7. The first-order valence-corrected chi connectivity index (χ1v) is 5.97. The molecular formula is C11H15NO2S. The second kappa shape index (κ2) is 5.78. The fourth-order valence-electron chi connectivity index (χ4n) is 1.24. The van der Waals surface area contributed by atoms with Gasteiger partial charge in [0.2, 0.25) is 0 Å². The van der Waals surface area contributed by atoms with Crippen LogP contribution in [-0.2, 0) is 11.2 Å². The summed E-state index contributed by atoms with van der Waals surface area (Å²) in [6, 6.07) is 7.34. The molecule has 4 heteroatoms. The lowest BCUT2D eigenvalue weighted by Crippen LogP contribution is -2.30. The van der Waals surface area contributed by atoms with Gasteiger partial charge in [-0.2, -0.15) is 0 Å². The van der Waals surface area contributed by atoms with E-state index in [1.807, 2.05) is 30.5 Å². The number of carboxylic acids is 1. The summed E-state index contributed by atoms with van der Waals surface area (Å²) >= 11 is 1.69. The maximum Gasteiger partial charge on any atom is 0.320 e. The third-order valence-electron chi connectivity index (χ3n) is 2.22. The van der Waals surface area contributed by atoms with E-state index in [1.165, 1.54) is 4.90 Å². The molecule has 1 aromatic carbocycles. The average Bonchev–Trinajstić information content (AvgIpc) is 2.26. The summed E-state index contributed by atoms with van der Waals surface area (Å²) in [5.74, 6) is -0.935. The number of aryl methyl sites for hydroxylation is 1. The normalized spacial score (nSPS) is 12.4. The third kappa shape index (κ3) is 3.93. The van der Waals surface area contributed by atoms with Gasteiger partial charge >= 0.3 is 5.97 Å². The molecule has 3 nitrogen and oxygen atoms in total. The van der Waals surface area contributed by atoms with Crippen LogP contribution in [0.4, 0.5) is 0 Å². The molecule has 0 fully saturated rings. The van der Waals surface area contributed by atoms with Crippen molar-refractivity contribution >= 4 is 17.7 Å². The number of benzene rings is 1. The highest BCUT2D eigenvalue weighted by atomic mass is 32.2. The number of carbonyl (C=O) groups is 1. The summed E-state index contributed by atoms with van der Waals surface area (Å²) in [7, 11) is 0. The molecule has 0 amide bonds. The van der Waals surface area contributed by atoms with Crippen molar-refractivity contribution in [3.8, 4) is 0 Å². The van der Waals surface area contributed by atoms with Gasteiger partial charge in [-0.05, 0) is 36.8 Å². The largest absolute Gasteiger partial charge is 0.480 e. The summed E-state index contributed by atoms with van der Waals surface area (Å²) in [6.07, 6.45) is 3.21. The van der Waals surface area contributed by atoms with E-state index in [9.17, 15) is 4.79 Å². The molecule has 1 aromatic rings. The Kier molecular flexibility index (Phi) is 4.65. The lowest BCUT2D eigenvalue weighted by molar-refractivity contribution is -0.138. The van der Waals surface area contributed by atoms with Crippen molar-refractivity contribution in [1.82, 2.24) is 0 Å². The van der Waals surface area contributed by atoms with Crippen molar-refractivity contribution in [2.75, 3.05) is 6.26 Å². The molecule has 82 valence electrons. The van der Waals surface area contributed by atoms with Crippen LogP contribution in [0.15, 0.2) is 29.2 Å². The molecule has 1 atom stereocenters. The van der Waals surface area contributed by atoms with E-state index in [4.69, 9.17) is 10.8 Å². The molecule has 1 rings (SSSR count). The number of rotatable bonds is 5. The molecule has 0 radical (unpaired) electrons. The SMILES string of the molecule is CSc1ccc(CC[C@@H](N)C(=O)O)cc1. The standard InChI is InChI=1S/C11H15NO2S/c1-15-9-5-2-8(3-6-9)4-7-10(12)11(13)14/h2-3,5-6,10H,4,7,12H2,1H3,(H,13,14)/t10-/m1/s1. The number of aliphatic carboxylic acids is 1. The number of hydrogen-bond acceptors (Lipinski definition) is 3. The van der Waals surface area contributed by atoms with E-state index < -0.39 is 12.0 Å². The minimum atomic E-state index is -0.935. The minimum Gasteiger partial charge on any atom is -0.480 e. The molecule has 0 aliphatic heterocycles. The Labute approximate surface area is 93.7 Å². The molecule has 0 aliphatic rings. The third-order valence-corrected chi connectivity index (χ3v) is 2.96. The molecule has 0 saturated carbocycles. The Bertz CT molecular complexity index is 324. The first kappa shape index (κ1) is 12.1. The van der Waals surface area contributed by atoms with Gasteiger partial charge in [0, 0.05) is 4.90 Å². The zero-order chi connectivity index (χ0) is 11.3.